The van der Waals surface area contributed by atoms with E-state index < -0.39 is 5.60 Å². The van der Waals surface area contributed by atoms with Gasteiger partial charge in [0.2, 0.25) is 0 Å². The van der Waals surface area contributed by atoms with Crippen molar-refractivity contribution in [2.45, 2.75) is 57.7 Å². The molecule has 0 aliphatic carbocycles. The van der Waals surface area contributed by atoms with Crippen molar-refractivity contribution in [2.75, 3.05) is 26.2 Å². The number of rotatable bonds is 6. The second-order valence-electron chi connectivity index (χ2n) is 9.82. The number of likely N-dealkylation sites (tertiary alicyclic amines) is 1. The topological polar surface area (TPSA) is 48.0 Å². The van der Waals surface area contributed by atoms with E-state index in [1.807, 2.05) is 57.2 Å². The first-order valence-electron chi connectivity index (χ1n) is 11.3. The minimum atomic E-state index is -0.426. The van der Waals surface area contributed by atoms with Gasteiger partial charge in [-0.15, -0.1) is 0 Å². The summed E-state index contributed by atoms with van der Waals surface area (Å²) in [4.78, 5) is 14.4. The third kappa shape index (κ3) is 5.57. The zero-order valence-electron chi connectivity index (χ0n) is 19.2. The minimum Gasteiger partial charge on any atom is -0.492 e. The summed E-state index contributed by atoms with van der Waals surface area (Å²) in [6, 6.07) is 13.9. The number of carbonyl (C=O) groups excluding carboxylic acids is 1. The fourth-order valence-electron chi connectivity index (χ4n) is 4.50. The second-order valence-corrected chi connectivity index (χ2v) is 10.3. The first-order chi connectivity index (χ1) is 15.2. The molecule has 5 nitrogen and oxygen atoms in total. The van der Waals surface area contributed by atoms with Crippen molar-refractivity contribution < 1.29 is 19.0 Å². The molecule has 0 bridgehead atoms. The lowest BCUT2D eigenvalue weighted by Gasteiger charge is -2.38. The molecule has 2 heterocycles. The summed E-state index contributed by atoms with van der Waals surface area (Å²) in [5.41, 5.74) is 1.95. The number of benzene rings is 2. The molecule has 6 heteroatoms. The molecule has 32 heavy (non-hydrogen) atoms. The van der Waals surface area contributed by atoms with Crippen molar-refractivity contribution in [3.8, 4) is 11.5 Å². The van der Waals surface area contributed by atoms with Crippen molar-refractivity contribution in [3.05, 3.63) is 58.6 Å². The number of piperidine rings is 1. The van der Waals surface area contributed by atoms with Crippen LogP contribution in [0.25, 0.3) is 0 Å². The van der Waals surface area contributed by atoms with Crippen LogP contribution >= 0.6 is 11.6 Å². The van der Waals surface area contributed by atoms with Crippen LogP contribution in [0.1, 0.15) is 51.2 Å². The summed E-state index contributed by atoms with van der Waals surface area (Å²) in [6.07, 6.45) is 2.48. The number of halogens is 1. The van der Waals surface area contributed by atoms with Crippen LogP contribution in [-0.2, 0) is 21.6 Å². The number of hydrogen-bond acceptors (Lipinski definition) is 5. The average molecular weight is 458 g/mol. The predicted octanol–water partition coefficient (Wildman–Crippen LogP) is 5.38. The Bertz CT molecular complexity index is 961. The summed E-state index contributed by atoms with van der Waals surface area (Å²) < 4.78 is 17.5. The highest BCUT2D eigenvalue weighted by Gasteiger charge is 2.43. The second kappa shape index (κ2) is 9.32. The van der Waals surface area contributed by atoms with Crippen LogP contribution in [0.5, 0.6) is 11.5 Å². The highest BCUT2D eigenvalue weighted by Crippen LogP contribution is 2.46. The maximum atomic E-state index is 12.0. The smallest absolute Gasteiger partial charge is 0.307 e. The van der Waals surface area contributed by atoms with E-state index in [-0.39, 0.29) is 11.4 Å². The standard InChI is InChI=1S/C26H32ClNO4/c1-25(2,3)32-24(29)9-12-28-13-10-26(11-14-28)18-31-23-16-21(7-8-22(23)26)30-17-19-5-4-6-20(27)15-19/h4-8,15-16H,9-14,17-18H2,1-3H3. The number of carbonyl (C=O) groups is 1. The summed E-state index contributed by atoms with van der Waals surface area (Å²) in [5, 5.41) is 0.711. The van der Waals surface area contributed by atoms with E-state index in [1.54, 1.807) is 0 Å². The van der Waals surface area contributed by atoms with Crippen LogP contribution in [-0.4, -0.2) is 42.7 Å². The predicted molar refractivity (Wildman–Crippen MR) is 126 cm³/mol. The fraction of sp³-hybridized carbons (Fsp3) is 0.500. The number of esters is 1. The molecule has 2 aromatic carbocycles. The molecule has 0 amide bonds. The van der Waals surface area contributed by atoms with Crippen molar-refractivity contribution in [1.29, 1.82) is 0 Å². The summed E-state index contributed by atoms with van der Waals surface area (Å²) >= 11 is 6.05. The third-order valence-electron chi connectivity index (χ3n) is 6.19. The Balaban J connectivity index is 1.31. The lowest BCUT2D eigenvalue weighted by molar-refractivity contribution is -0.155. The number of hydrogen-bond donors (Lipinski definition) is 0. The van der Waals surface area contributed by atoms with Crippen molar-refractivity contribution in [1.82, 2.24) is 4.90 Å². The lowest BCUT2D eigenvalue weighted by atomic mass is 9.74. The Morgan fingerprint density at radius 3 is 2.66 bits per heavy atom. The van der Waals surface area contributed by atoms with Gasteiger partial charge in [0.05, 0.1) is 13.0 Å². The Hall–Kier alpha value is -2.24. The molecular weight excluding hydrogens is 426 g/mol. The summed E-state index contributed by atoms with van der Waals surface area (Å²) in [5.74, 6) is 1.60. The average Bonchev–Trinajstić information content (AvgIpc) is 3.08. The van der Waals surface area contributed by atoms with Crippen LogP contribution in [0.3, 0.4) is 0 Å². The zero-order chi connectivity index (χ0) is 22.8. The Labute approximate surface area is 195 Å². The Morgan fingerprint density at radius 1 is 1.16 bits per heavy atom. The molecular formula is C26H32ClNO4. The first kappa shape index (κ1) is 22.9. The molecule has 0 radical (unpaired) electrons. The van der Waals surface area contributed by atoms with Gasteiger partial charge in [0, 0.05) is 28.6 Å². The molecule has 2 aliphatic heterocycles. The van der Waals surface area contributed by atoms with E-state index in [0.29, 0.717) is 24.7 Å². The lowest BCUT2D eigenvalue weighted by Crippen LogP contribution is -2.44. The SMILES string of the molecule is CC(C)(C)OC(=O)CCN1CCC2(CC1)COc1cc(OCc3cccc(Cl)c3)ccc12. The molecule has 0 N–H and O–H groups in total. The van der Waals surface area contributed by atoms with Crippen LogP contribution in [0.4, 0.5) is 0 Å². The van der Waals surface area contributed by atoms with Crippen molar-refractivity contribution >= 4 is 17.6 Å². The number of fused-ring (bicyclic) bond motifs is 2. The van der Waals surface area contributed by atoms with Gasteiger partial charge in [-0.2, -0.15) is 0 Å². The monoisotopic (exact) mass is 457 g/mol. The van der Waals surface area contributed by atoms with Crippen LogP contribution in [0, 0.1) is 0 Å². The van der Waals surface area contributed by atoms with Crippen molar-refractivity contribution in [2.24, 2.45) is 0 Å². The summed E-state index contributed by atoms with van der Waals surface area (Å²) in [6.45, 7) is 9.55. The maximum absolute atomic E-state index is 12.0. The molecule has 172 valence electrons. The highest BCUT2D eigenvalue weighted by molar-refractivity contribution is 6.30. The van der Waals surface area contributed by atoms with E-state index in [0.717, 1.165) is 49.5 Å². The van der Waals surface area contributed by atoms with Gasteiger partial charge < -0.3 is 19.1 Å². The van der Waals surface area contributed by atoms with E-state index in [9.17, 15) is 4.79 Å². The molecule has 4 rings (SSSR count). The minimum absolute atomic E-state index is 0.0588. The molecule has 0 atom stereocenters. The van der Waals surface area contributed by atoms with E-state index in [2.05, 4.69) is 11.0 Å². The third-order valence-corrected chi connectivity index (χ3v) is 6.42. The van der Waals surface area contributed by atoms with Gasteiger partial charge in [-0.05, 0) is 70.5 Å². The van der Waals surface area contributed by atoms with Gasteiger partial charge >= 0.3 is 5.97 Å². The molecule has 1 fully saturated rings. The van der Waals surface area contributed by atoms with E-state index >= 15 is 0 Å². The highest BCUT2D eigenvalue weighted by atomic mass is 35.5. The maximum Gasteiger partial charge on any atom is 0.307 e. The van der Waals surface area contributed by atoms with Gasteiger partial charge in [-0.25, -0.2) is 0 Å². The normalized spacial score (nSPS) is 17.6. The first-order valence-corrected chi connectivity index (χ1v) is 11.7. The van der Waals surface area contributed by atoms with E-state index in [4.69, 9.17) is 25.8 Å². The number of nitrogens with zero attached hydrogens (tertiary/aromatic N) is 1. The van der Waals surface area contributed by atoms with Gasteiger partial charge in [-0.1, -0.05) is 29.8 Å². The molecule has 2 aromatic rings. The van der Waals surface area contributed by atoms with E-state index in [1.165, 1.54) is 5.56 Å². The van der Waals surface area contributed by atoms with Gasteiger partial charge in [-0.3, -0.25) is 4.79 Å². The molecule has 0 aromatic heterocycles. The zero-order valence-corrected chi connectivity index (χ0v) is 19.9. The van der Waals surface area contributed by atoms with Crippen LogP contribution in [0.2, 0.25) is 5.02 Å². The van der Waals surface area contributed by atoms with Gasteiger partial charge in [0.15, 0.2) is 0 Å². The molecule has 0 unspecified atom stereocenters. The summed E-state index contributed by atoms with van der Waals surface area (Å²) in [7, 11) is 0. The number of ether oxygens (including phenoxy) is 3. The Morgan fingerprint density at radius 2 is 1.94 bits per heavy atom. The molecule has 1 saturated heterocycles. The quantitative estimate of drug-likeness (QED) is 0.545. The van der Waals surface area contributed by atoms with Gasteiger partial charge in [0.25, 0.3) is 0 Å². The molecule has 0 saturated carbocycles. The van der Waals surface area contributed by atoms with Crippen molar-refractivity contribution in [3.63, 3.8) is 0 Å². The molecule has 1 spiro atoms. The van der Waals surface area contributed by atoms with Crippen LogP contribution < -0.4 is 9.47 Å². The van der Waals surface area contributed by atoms with Gasteiger partial charge in [0.1, 0.15) is 23.7 Å². The van der Waals surface area contributed by atoms with Crippen LogP contribution in [0.15, 0.2) is 42.5 Å². The molecule has 2 aliphatic rings. The largest absolute Gasteiger partial charge is 0.492 e. The Kier molecular flexibility index (Phi) is 6.68. The fourth-order valence-corrected chi connectivity index (χ4v) is 4.71.